The molecule has 0 aliphatic carbocycles. The van der Waals surface area contributed by atoms with Crippen LogP contribution in [0.2, 0.25) is 0 Å². The van der Waals surface area contributed by atoms with Gasteiger partial charge in [-0.1, -0.05) is 39.2 Å². The third kappa shape index (κ3) is 8.35. The Morgan fingerprint density at radius 1 is 1.27 bits per heavy atom. The number of cyclic esters (lactones) is 1. The Hall–Kier alpha value is -2.30. The van der Waals surface area contributed by atoms with E-state index >= 15 is 0 Å². The minimum atomic E-state index is -1.34. The van der Waals surface area contributed by atoms with Crippen LogP contribution in [0.15, 0.2) is 16.1 Å². The Bertz CT molecular complexity index is 1020. The molecule has 2 heterocycles. The molecular weight excluding hydrogens is 496 g/mol. The van der Waals surface area contributed by atoms with Crippen molar-refractivity contribution < 1.29 is 29.6 Å². The van der Waals surface area contributed by atoms with E-state index in [2.05, 4.69) is 15.0 Å². The van der Waals surface area contributed by atoms with Gasteiger partial charge in [-0.3, -0.25) is 9.59 Å². The summed E-state index contributed by atoms with van der Waals surface area (Å²) in [6.45, 7) is 10.2. The van der Waals surface area contributed by atoms with Crippen LogP contribution in [0.1, 0.15) is 77.4 Å². The van der Waals surface area contributed by atoms with Crippen LogP contribution in [0, 0.1) is 24.2 Å². The number of thiazole rings is 1. The number of esters is 1. The third-order valence-corrected chi connectivity index (χ3v) is 8.18. The molecule has 0 bridgehead atoms. The first-order chi connectivity index (χ1) is 17.3. The van der Waals surface area contributed by atoms with E-state index < -0.39 is 54.2 Å². The van der Waals surface area contributed by atoms with Crippen LogP contribution in [0.25, 0.3) is 16.5 Å². The van der Waals surface area contributed by atoms with Gasteiger partial charge < -0.3 is 20.1 Å². The topological polar surface area (TPSA) is 166 Å². The van der Waals surface area contributed by atoms with Crippen molar-refractivity contribution in [1.29, 1.82) is 0 Å². The SMILES string of the molecule is C/C(=C\c1csc(C)n1)C1C[C@@H](O)[C@H](N=[N+]=[N-])CCC[C@H](C)[C@H](O)[C@@H](C)C(=O)C(C)(C)[C@@H](O)CC(=O)O1. The van der Waals surface area contributed by atoms with Gasteiger partial charge in [0.05, 0.1) is 46.9 Å². The van der Waals surface area contributed by atoms with Crippen LogP contribution in [-0.4, -0.2) is 62.5 Å². The second-order valence-corrected chi connectivity index (χ2v) is 11.8. The summed E-state index contributed by atoms with van der Waals surface area (Å²) in [5.74, 6) is -2.08. The number of hydrogen-bond acceptors (Lipinski definition) is 9. The van der Waals surface area contributed by atoms with Crippen LogP contribution in [0.3, 0.4) is 0 Å². The first kappa shape index (κ1) is 30.9. The second-order valence-electron chi connectivity index (χ2n) is 10.7. The quantitative estimate of drug-likeness (QED) is 0.223. The number of ether oxygens (including phenoxy) is 1. The first-order valence-electron chi connectivity index (χ1n) is 12.7. The Kier molecular flexibility index (Phi) is 11.3. The smallest absolute Gasteiger partial charge is 0.309 e. The number of ketones is 1. The number of hydrogen-bond donors (Lipinski definition) is 3. The molecule has 0 aromatic carbocycles. The highest BCUT2D eigenvalue weighted by atomic mass is 32.1. The van der Waals surface area contributed by atoms with E-state index in [-0.39, 0.29) is 18.1 Å². The van der Waals surface area contributed by atoms with Gasteiger partial charge in [0.15, 0.2) is 0 Å². The highest BCUT2D eigenvalue weighted by Gasteiger charge is 2.42. The standard InChI is InChI=1S/C26H40N4O6S/c1-14-8-7-9-19(29-30-27)20(31)11-21(15(2)10-18-13-37-17(4)28-18)36-23(33)12-22(32)26(5,6)25(35)16(3)24(14)34/h10,13-14,16,19-22,24,31-32,34H,7-9,11-12H2,1-6H3/b15-10+/t14-,16+,19+,20+,21?,22-,24-/m0/s1. The van der Waals surface area contributed by atoms with Gasteiger partial charge in [0.1, 0.15) is 11.9 Å². The minimum Gasteiger partial charge on any atom is -0.458 e. The first-order valence-corrected chi connectivity index (χ1v) is 13.6. The van der Waals surface area contributed by atoms with Gasteiger partial charge in [-0.15, -0.1) is 11.3 Å². The van der Waals surface area contributed by atoms with Crippen molar-refractivity contribution in [3.8, 4) is 0 Å². The van der Waals surface area contributed by atoms with Crippen molar-refractivity contribution >= 4 is 29.2 Å². The molecule has 1 aliphatic heterocycles. The molecule has 2 rings (SSSR count). The molecule has 0 saturated carbocycles. The molecule has 7 atom stereocenters. The Morgan fingerprint density at radius 2 is 1.95 bits per heavy atom. The summed E-state index contributed by atoms with van der Waals surface area (Å²) in [6, 6.07) is -0.763. The van der Waals surface area contributed by atoms with E-state index in [1.165, 1.54) is 11.3 Å². The maximum atomic E-state index is 13.2. The number of aliphatic hydroxyl groups excluding tert-OH is 3. The number of rotatable bonds is 3. The number of azide groups is 1. The fourth-order valence-electron chi connectivity index (χ4n) is 4.71. The zero-order valence-electron chi connectivity index (χ0n) is 22.5. The largest absolute Gasteiger partial charge is 0.458 e. The lowest BCUT2D eigenvalue weighted by Crippen LogP contribution is -2.46. The minimum absolute atomic E-state index is 0.0193. The fraction of sp³-hybridized carbons (Fsp3) is 0.731. The van der Waals surface area contributed by atoms with Crippen LogP contribution in [0.5, 0.6) is 0 Å². The Labute approximate surface area is 222 Å². The molecule has 1 fully saturated rings. The van der Waals surface area contributed by atoms with Crippen molar-refractivity contribution in [3.63, 3.8) is 0 Å². The maximum absolute atomic E-state index is 13.2. The molecule has 1 saturated heterocycles. The molecule has 3 N–H and O–H groups in total. The van der Waals surface area contributed by atoms with Gasteiger partial charge in [0.25, 0.3) is 0 Å². The predicted molar refractivity (Wildman–Crippen MR) is 142 cm³/mol. The summed E-state index contributed by atoms with van der Waals surface area (Å²) in [7, 11) is 0. The summed E-state index contributed by atoms with van der Waals surface area (Å²) >= 11 is 1.48. The number of aryl methyl sites for hydroxylation is 1. The van der Waals surface area contributed by atoms with Gasteiger partial charge in [0.2, 0.25) is 0 Å². The van der Waals surface area contributed by atoms with E-state index in [0.717, 1.165) is 5.01 Å². The molecular formula is C26H40N4O6S. The Morgan fingerprint density at radius 3 is 2.54 bits per heavy atom. The maximum Gasteiger partial charge on any atom is 0.309 e. The van der Waals surface area contributed by atoms with Gasteiger partial charge >= 0.3 is 5.97 Å². The van der Waals surface area contributed by atoms with Crippen LogP contribution >= 0.6 is 11.3 Å². The number of aromatic nitrogens is 1. The van der Waals surface area contributed by atoms with E-state index in [1.54, 1.807) is 33.8 Å². The van der Waals surface area contributed by atoms with Crippen molar-refractivity contribution in [1.82, 2.24) is 4.98 Å². The highest BCUT2D eigenvalue weighted by Crippen LogP contribution is 2.33. The van der Waals surface area contributed by atoms with Crippen LogP contribution in [0.4, 0.5) is 0 Å². The lowest BCUT2D eigenvalue weighted by atomic mass is 9.73. The molecule has 1 unspecified atom stereocenters. The van der Waals surface area contributed by atoms with Crippen molar-refractivity contribution in [3.05, 3.63) is 32.1 Å². The number of carbonyl (C=O) groups excluding carboxylic acids is 2. The molecule has 206 valence electrons. The summed E-state index contributed by atoms with van der Waals surface area (Å²) in [4.78, 5) is 33.4. The average molecular weight is 537 g/mol. The van der Waals surface area contributed by atoms with Gasteiger partial charge in [0, 0.05) is 22.6 Å². The van der Waals surface area contributed by atoms with Gasteiger partial charge in [-0.05, 0) is 49.8 Å². The summed E-state index contributed by atoms with van der Waals surface area (Å²) in [6.07, 6.45) is -1.47. The fourth-order valence-corrected chi connectivity index (χ4v) is 5.28. The lowest BCUT2D eigenvalue weighted by Gasteiger charge is -2.35. The van der Waals surface area contributed by atoms with Crippen LogP contribution < -0.4 is 0 Å². The summed E-state index contributed by atoms with van der Waals surface area (Å²) < 4.78 is 5.71. The monoisotopic (exact) mass is 536 g/mol. The molecule has 11 heteroatoms. The normalized spacial score (nSPS) is 32.9. The molecule has 1 aromatic rings. The van der Waals surface area contributed by atoms with Gasteiger partial charge in [-0.25, -0.2) is 4.98 Å². The van der Waals surface area contributed by atoms with Gasteiger partial charge in [-0.2, -0.15) is 0 Å². The molecule has 1 aliphatic rings. The second kappa shape index (κ2) is 13.5. The molecule has 0 amide bonds. The summed E-state index contributed by atoms with van der Waals surface area (Å²) in [5.41, 5.74) is 9.10. The predicted octanol–water partition coefficient (Wildman–Crippen LogP) is 4.36. The summed E-state index contributed by atoms with van der Waals surface area (Å²) in [5, 5.41) is 39.1. The van der Waals surface area contributed by atoms with Crippen molar-refractivity contribution in [2.45, 2.75) is 104 Å². The highest BCUT2D eigenvalue weighted by molar-refractivity contribution is 7.09. The Balaban J connectivity index is 2.41. The molecule has 1 aromatic heterocycles. The van der Waals surface area contributed by atoms with E-state index in [1.807, 2.05) is 19.2 Å². The van der Waals surface area contributed by atoms with Crippen LogP contribution in [-0.2, 0) is 14.3 Å². The number of carbonyl (C=O) groups is 2. The number of aliphatic hydroxyl groups is 3. The van der Waals surface area contributed by atoms with Crippen molar-refractivity contribution in [2.75, 3.05) is 0 Å². The molecule has 0 radical (unpaired) electrons. The zero-order valence-corrected chi connectivity index (χ0v) is 23.3. The van der Waals surface area contributed by atoms with E-state index in [9.17, 15) is 24.9 Å². The molecule has 0 spiro atoms. The van der Waals surface area contributed by atoms with Crippen molar-refractivity contribution in [2.24, 2.45) is 22.4 Å². The molecule has 37 heavy (non-hydrogen) atoms. The number of nitrogens with zero attached hydrogens (tertiary/aromatic N) is 4. The third-order valence-electron chi connectivity index (χ3n) is 7.39. The average Bonchev–Trinajstić information content (AvgIpc) is 3.24. The van der Waals surface area contributed by atoms with E-state index in [4.69, 9.17) is 10.3 Å². The van der Waals surface area contributed by atoms with E-state index in [0.29, 0.717) is 30.5 Å². The lowest BCUT2D eigenvalue weighted by molar-refractivity contribution is -0.155. The number of Topliss-reactive ketones (excluding diaryl/α,β-unsaturated/α-hetero) is 1. The zero-order chi connectivity index (χ0) is 27.9. The molecule has 10 nitrogen and oxygen atoms in total.